The number of nitrogens with zero attached hydrogens (tertiary/aromatic N) is 1. The highest BCUT2D eigenvalue weighted by molar-refractivity contribution is 7.89. The molecule has 5 nitrogen and oxygen atoms in total. The molecule has 0 radical (unpaired) electrons. The Bertz CT molecular complexity index is 914. The van der Waals surface area contributed by atoms with Gasteiger partial charge in [-0.25, -0.2) is 8.42 Å². The minimum Gasteiger partial charge on any atom is -0.356 e. The molecule has 0 spiro atoms. The number of sulfone groups is 1. The standard InChI is InChI=1S/C20H25Cl2N3O2S/c1-23-20(24-11-3-4-17-9-10-18(21)12-19(17)22)25-13-15-5-7-16(8-6-15)14-28(2,26)27/h5-10,12H,3-4,11,13-14H2,1-2H3,(H2,23,24,25). The van der Waals surface area contributed by atoms with Crippen LogP contribution in [0.1, 0.15) is 23.1 Å². The third-order valence-electron chi connectivity index (χ3n) is 4.07. The van der Waals surface area contributed by atoms with Crippen molar-refractivity contribution in [3.05, 3.63) is 69.2 Å². The van der Waals surface area contributed by atoms with Crippen molar-refractivity contribution in [1.29, 1.82) is 0 Å². The van der Waals surface area contributed by atoms with Crippen molar-refractivity contribution in [3.8, 4) is 0 Å². The fourth-order valence-electron chi connectivity index (χ4n) is 2.67. The fourth-order valence-corrected chi connectivity index (χ4v) is 3.97. The summed E-state index contributed by atoms with van der Waals surface area (Å²) in [5.74, 6) is 0.768. The van der Waals surface area contributed by atoms with Gasteiger partial charge in [-0.15, -0.1) is 0 Å². The molecule has 0 fully saturated rings. The minimum atomic E-state index is -3.02. The number of guanidine groups is 1. The van der Waals surface area contributed by atoms with Crippen LogP contribution >= 0.6 is 23.2 Å². The zero-order chi connectivity index (χ0) is 20.6. The first-order valence-electron chi connectivity index (χ1n) is 8.91. The van der Waals surface area contributed by atoms with Crippen molar-refractivity contribution < 1.29 is 8.42 Å². The molecule has 0 atom stereocenters. The molecule has 0 heterocycles. The lowest BCUT2D eigenvalue weighted by Gasteiger charge is -2.12. The second kappa shape index (κ2) is 10.7. The third kappa shape index (κ3) is 8.09. The van der Waals surface area contributed by atoms with E-state index in [1.807, 2.05) is 36.4 Å². The molecule has 28 heavy (non-hydrogen) atoms. The number of hydrogen-bond donors (Lipinski definition) is 2. The SMILES string of the molecule is CN=C(NCCCc1ccc(Cl)cc1Cl)NCc1ccc(CS(C)(=O)=O)cc1. The molecule has 0 aliphatic heterocycles. The first kappa shape index (κ1) is 22.5. The average Bonchev–Trinajstić information content (AvgIpc) is 2.62. The normalized spacial score (nSPS) is 12.1. The van der Waals surface area contributed by atoms with Crippen molar-refractivity contribution in [2.45, 2.75) is 25.1 Å². The summed E-state index contributed by atoms with van der Waals surface area (Å²) in [7, 11) is -1.29. The van der Waals surface area contributed by atoms with Crippen LogP contribution in [-0.4, -0.2) is 34.2 Å². The molecule has 2 N–H and O–H groups in total. The van der Waals surface area contributed by atoms with Crippen molar-refractivity contribution in [3.63, 3.8) is 0 Å². The summed E-state index contributed by atoms with van der Waals surface area (Å²) in [6, 6.07) is 13.1. The van der Waals surface area contributed by atoms with Crippen molar-refractivity contribution in [2.24, 2.45) is 4.99 Å². The average molecular weight is 442 g/mol. The summed E-state index contributed by atoms with van der Waals surface area (Å²) in [5.41, 5.74) is 2.91. The van der Waals surface area contributed by atoms with E-state index in [1.54, 1.807) is 13.1 Å². The van der Waals surface area contributed by atoms with Crippen molar-refractivity contribution in [2.75, 3.05) is 19.8 Å². The van der Waals surface area contributed by atoms with E-state index in [-0.39, 0.29) is 5.75 Å². The summed E-state index contributed by atoms with van der Waals surface area (Å²) in [4.78, 5) is 4.21. The summed E-state index contributed by atoms with van der Waals surface area (Å²) in [5, 5.41) is 7.85. The first-order valence-corrected chi connectivity index (χ1v) is 11.7. The highest BCUT2D eigenvalue weighted by atomic mass is 35.5. The van der Waals surface area contributed by atoms with Gasteiger partial charge < -0.3 is 10.6 Å². The van der Waals surface area contributed by atoms with Gasteiger partial charge in [0.25, 0.3) is 0 Å². The van der Waals surface area contributed by atoms with Gasteiger partial charge >= 0.3 is 0 Å². The van der Waals surface area contributed by atoms with Gasteiger partial charge in [-0.05, 0) is 41.7 Å². The number of halogens is 2. The second-order valence-corrected chi connectivity index (χ2v) is 9.56. The Morgan fingerprint density at radius 1 is 1.04 bits per heavy atom. The number of aliphatic imine (C=N–C) groups is 1. The lowest BCUT2D eigenvalue weighted by molar-refractivity contribution is 0.601. The molecule has 0 bridgehead atoms. The lowest BCUT2D eigenvalue weighted by atomic mass is 10.1. The van der Waals surface area contributed by atoms with Gasteiger partial charge in [-0.1, -0.05) is 53.5 Å². The summed E-state index contributed by atoms with van der Waals surface area (Å²) in [6.07, 6.45) is 2.99. The highest BCUT2D eigenvalue weighted by Crippen LogP contribution is 2.21. The van der Waals surface area contributed by atoms with Crippen LogP contribution in [0, 0.1) is 0 Å². The van der Waals surface area contributed by atoms with Gasteiger partial charge in [0.15, 0.2) is 15.8 Å². The smallest absolute Gasteiger partial charge is 0.191 e. The van der Waals surface area contributed by atoms with E-state index in [2.05, 4.69) is 15.6 Å². The zero-order valence-electron chi connectivity index (χ0n) is 16.0. The molecule has 0 saturated carbocycles. The molecule has 8 heteroatoms. The van der Waals surface area contributed by atoms with Crippen LogP contribution in [0.25, 0.3) is 0 Å². The van der Waals surface area contributed by atoms with E-state index < -0.39 is 9.84 Å². The number of rotatable bonds is 8. The van der Waals surface area contributed by atoms with Crippen LogP contribution in [0.4, 0.5) is 0 Å². The number of nitrogens with one attached hydrogen (secondary N) is 2. The Morgan fingerprint density at radius 3 is 2.32 bits per heavy atom. The Balaban J connectivity index is 1.75. The molecule has 2 aromatic rings. The molecule has 0 unspecified atom stereocenters. The van der Waals surface area contributed by atoms with Gasteiger partial charge in [0, 0.05) is 36.4 Å². The van der Waals surface area contributed by atoms with E-state index in [0.717, 1.165) is 36.1 Å². The van der Waals surface area contributed by atoms with Crippen LogP contribution in [0.2, 0.25) is 10.0 Å². The van der Waals surface area contributed by atoms with E-state index >= 15 is 0 Å². The van der Waals surface area contributed by atoms with Gasteiger partial charge in [0.1, 0.15) is 0 Å². The van der Waals surface area contributed by atoms with Gasteiger partial charge in [-0.2, -0.15) is 0 Å². The second-order valence-electron chi connectivity index (χ2n) is 6.58. The van der Waals surface area contributed by atoms with Gasteiger partial charge in [0.05, 0.1) is 5.75 Å². The van der Waals surface area contributed by atoms with Crippen LogP contribution in [-0.2, 0) is 28.6 Å². The maximum Gasteiger partial charge on any atom is 0.191 e. The highest BCUT2D eigenvalue weighted by Gasteiger charge is 2.05. The summed E-state index contributed by atoms with van der Waals surface area (Å²) >= 11 is 12.1. The molecule has 0 aliphatic rings. The molecule has 0 saturated heterocycles. The zero-order valence-corrected chi connectivity index (χ0v) is 18.3. The van der Waals surface area contributed by atoms with Gasteiger partial charge in [-0.3, -0.25) is 4.99 Å². The van der Waals surface area contributed by atoms with E-state index in [0.29, 0.717) is 22.5 Å². The Hall–Kier alpha value is -1.76. The van der Waals surface area contributed by atoms with Crippen molar-refractivity contribution in [1.82, 2.24) is 10.6 Å². The van der Waals surface area contributed by atoms with Crippen LogP contribution in [0.15, 0.2) is 47.5 Å². The van der Waals surface area contributed by atoms with Crippen LogP contribution in [0.3, 0.4) is 0 Å². The number of aryl methyl sites for hydroxylation is 1. The maximum atomic E-state index is 11.3. The minimum absolute atomic E-state index is 0.0571. The first-order chi connectivity index (χ1) is 13.3. The molecule has 0 aliphatic carbocycles. The Kier molecular flexibility index (Phi) is 8.60. The Labute approximate surface area is 177 Å². The molecule has 2 aromatic carbocycles. The maximum absolute atomic E-state index is 11.3. The topological polar surface area (TPSA) is 70.6 Å². The molecular formula is C20H25Cl2N3O2S. The summed E-state index contributed by atoms with van der Waals surface area (Å²) < 4.78 is 22.7. The van der Waals surface area contributed by atoms with E-state index in [9.17, 15) is 8.42 Å². The van der Waals surface area contributed by atoms with Crippen LogP contribution in [0.5, 0.6) is 0 Å². The Morgan fingerprint density at radius 2 is 1.71 bits per heavy atom. The summed E-state index contributed by atoms with van der Waals surface area (Å²) in [6.45, 7) is 1.35. The number of benzene rings is 2. The third-order valence-corrected chi connectivity index (χ3v) is 5.51. The van der Waals surface area contributed by atoms with Crippen LogP contribution < -0.4 is 10.6 Å². The largest absolute Gasteiger partial charge is 0.356 e. The lowest BCUT2D eigenvalue weighted by Crippen LogP contribution is -2.37. The predicted molar refractivity (Wildman–Crippen MR) is 118 cm³/mol. The molecule has 0 aromatic heterocycles. The fraction of sp³-hybridized carbons (Fsp3) is 0.350. The molecule has 2 rings (SSSR count). The molecular weight excluding hydrogens is 417 g/mol. The molecule has 0 amide bonds. The van der Waals surface area contributed by atoms with E-state index in [4.69, 9.17) is 23.2 Å². The van der Waals surface area contributed by atoms with Crippen molar-refractivity contribution >= 4 is 39.0 Å². The predicted octanol–water partition coefficient (Wildman–Crippen LogP) is 3.84. The number of hydrogen-bond acceptors (Lipinski definition) is 3. The van der Waals surface area contributed by atoms with Gasteiger partial charge in [0.2, 0.25) is 0 Å². The molecule has 152 valence electrons. The quantitative estimate of drug-likeness (QED) is 0.370. The van der Waals surface area contributed by atoms with E-state index in [1.165, 1.54) is 6.26 Å². The monoisotopic (exact) mass is 441 g/mol.